The predicted molar refractivity (Wildman–Crippen MR) is 36.4 cm³/mol. The molecule has 0 saturated heterocycles. The zero-order valence-electron chi connectivity index (χ0n) is 3.90. The van der Waals surface area contributed by atoms with Crippen molar-refractivity contribution in [3.05, 3.63) is 0 Å². The van der Waals surface area contributed by atoms with Crippen LogP contribution < -0.4 is 0 Å². The van der Waals surface area contributed by atoms with Crippen LogP contribution in [0.25, 0.3) is 0 Å². The molecule has 4 heteroatoms. The minimum absolute atomic E-state index is 0.498. The molecule has 1 aliphatic heterocycles. The summed E-state index contributed by atoms with van der Waals surface area (Å²) < 4.78 is 1.56. The summed E-state index contributed by atoms with van der Waals surface area (Å²) in [6.45, 7) is 2.07. The Labute approximate surface area is 52.6 Å². The Bertz CT molecular complexity index is 82.9. The van der Waals surface area contributed by atoms with Gasteiger partial charge in [-0.15, -0.1) is 0 Å². The number of nitrogens with zero attached hydrogens (tertiary/aromatic N) is 2. The van der Waals surface area contributed by atoms with Crippen molar-refractivity contribution in [3.8, 4) is 0 Å². The van der Waals surface area contributed by atoms with Crippen molar-refractivity contribution in [2.24, 2.45) is 5.10 Å². The van der Waals surface area contributed by atoms with E-state index in [2.05, 4.69) is 24.8 Å². The van der Waals surface area contributed by atoms with E-state index in [0.29, 0.717) is 5.25 Å². The van der Waals surface area contributed by atoms with Gasteiger partial charge in [0.1, 0.15) is 0 Å². The second-order valence-electron chi connectivity index (χ2n) is 1.33. The molecular weight excluding hydrogens is 128 g/mol. The molecule has 1 atom stereocenters. The number of rotatable bonds is 0. The molecule has 0 aromatic rings. The average Bonchev–Trinajstić information content (AvgIpc) is 1.87. The number of hydrogen-bond donors (Lipinski definition) is 1. The highest BCUT2D eigenvalue weighted by Crippen LogP contribution is 2.22. The SMILES string of the molecule is CC1C=NN(S)S1. The highest BCUT2D eigenvalue weighted by Gasteiger charge is 2.08. The van der Waals surface area contributed by atoms with E-state index < -0.39 is 0 Å². The largest absolute Gasteiger partial charge is 0.182 e. The molecule has 1 rings (SSSR count). The summed E-state index contributed by atoms with van der Waals surface area (Å²) in [6, 6.07) is 0. The molecule has 1 aliphatic rings. The fraction of sp³-hybridized carbons (Fsp3) is 0.667. The standard InChI is InChI=1S/C3H6N2S2/c1-3-2-4-5(6)7-3/h2-3,6H,1H3. The molecule has 0 fully saturated rings. The third-order valence-electron chi connectivity index (χ3n) is 0.636. The van der Waals surface area contributed by atoms with E-state index in [4.69, 9.17) is 0 Å². The van der Waals surface area contributed by atoms with Crippen molar-refractivity contribution in [1.82, 2.24) is 3.82 Å². The van der Waals surface area contributed by atoms with Gasteiger partial charge in [-0.1, -0.05) is 0 Å². The molecule has 0 bridgehead atoms. The molecule has 0 aliphatic carbocycles. The van der Waals surface area contributed by atoms with Gasteiger partial charge in [-0.25, -0.2) is 0 Å². The lowest BCUT2D eigenvalue weighted by Crippen LogP contribution is -1.90. The van der Waals surface area contributed by atoms with Gasteiger partial charge in [0.25, 0.3) is 0 Å². The lowest BCUT2D eigenvalue weighted by atomic mass is 10.5. The Morgan fingerprint density at radius 3 is 2.86 bits per heavy atom. The Kier molecular flexibility index (Phi) is 1.49. The molecule has 0 spiro atoms. The van der Waals surface area contributed by atoms with Crippen LogP contribution in [0.3, 0.4) is 0 Å². The Balaban J connectivity index is 2.42. The summed E-state index contributed by atoms with van der Waals surface area (Å²) in [5.74, 6) is 0. The summed E-state index contributed by atoms with van der Waals surface area (Å²) in [5, 5.41) is 4.35. The van der Waals surface area contributed by atoms with Gasteiger partial charge in [-0.05, 0) is 31.7 Å². The fourth-order valence-electron chi connectivity index (χ4n) is 0.354. The van der Waals surface area contributed by atoms with E-state index in [1.165, 1.54) is 0 Å². The Morgan fingerprint density at radius 2 is 2.71 bits per heavy atom. The number of hydrazone groups is 1. The second-order valence-corrected chi connectivity index (χ2v) is 3.28. The minimum atomic E-state index is 0.498. The van der Waals surface area contributed by atoms with Gasteiger partial charge >= 0.3 is 0 Å². The molecule has 1 unspecified atom stereocenters. The van der Waals surface area contributed by atoms with Crippen LogP contribution in [0.5, 0.6) is 0 Å². The molecule has 40 valence electrons. The maximum absolute atomic E-state index is 3.95. The van der Waals surface area contributed by atoms with Crippen molar-refractivity contribution < 1.29 is 0 Å². The Hall–Kier alpha value is 0.170. The van der Waals surface area contributed by atoms with E-state index in [9.17, 15) is 0 Å². The van der Waals surface area contributed by atoms with Crippen molar-refractivity contribution in [2.45, 2.75) is 12.2 Å². The zero-order valence-corrected chi connectivity index (χ0v) is 5.62. The number of hydrogen-bond acceptors (Lipinski definition) is 4. The van der Waals surface area contributed by atoms with Crippen LogP contribution in [0.4, 0.5) is 0 Å². The van der Waals surface area contributed by atoms with Crippen LogP contribution in [0.15, 0.2) is 5.10 Å². The third-order valence-corrected chi connectivity index (χ3v) is 1.76. The molecule has 0 amide bonds. The van der Waals surface area contributed by atoms with E-state index in [1.807, 2.05) is 6.21 Å². The molecule has 7 heavy (non-hydrogen) atoms. The van der Waals surface area contributed by atoms with Gasteiger partial charge in [-0.2, -0.15) is 8.92 Å². The van der Waals surface area contributed by atoms with Crippen LogP contribution in [0.1, 0.15) is 6.92 Å². The fourth-order valence-corrected chi connectivity index (χ4v) is 1.37. The topological polar surface area (TPSA) is 15.6 Å². The predicted octanol–water partition coefficient (Wildman–Crippen LogP) is 1.17. The van der Waals surface area contributed by atoms with Crippen LogP contribution in [0, 0.1) is 0 Å². The van der Waals surface area contributed by atoms with Gasteiger partial charge in [0, 0.05) is 6.21 Å². The van der Waals surface area contributed by atoms with Crippen LogP contribution in [-0.4, -0.2) is 15.3 Å². The van der Waals surface area contributed by atoms with E-state index in [-0.39, 0.29) is 0 Å². The van der Waals surface area contributed by atoms with E-state index in [0.717, 1.165) is 0 Å². The van der Waals surface area contributed by atoms with Crippen molar-refractivity contribution in [3.63, 3.8) is 0 Å². The van der Waals surface area contributed by atoms with Crippen LogP contribution in [0.2, 0.25) is 0 Å². The molecule has 0 aromatic carbocycles. The van der Waals surface area contributed by atoms with Gasteiger partial charge in [0.2, 0.25) is 0 Å². The summed E-state index contributed by atoms with van der Waals surface area (Å²) in [6.07, 6.45) is 1.86. The van der Waals surface area contributed by atoms with E-state index in [1.54, 1.807) is 15.8 Å². The van der Waals surface area contributed by atoms with Crippen molar-refractivity contribution in [2.75, 3.05) is 0 Å². The lowest BCUT2D eigenvalue weighted by molar-refractivity contribution is 0.854. The van der Waals surface area contributed by atoms with Crippen LogP contribution in [-0.2, 0) is 0 Å². The normalized spacial score (nSPS) is 29.4. The molecule has 0 aromatic heterocycles. The quantitative estimate of drug-likeness (QED) is 0.395. The van der Waals surface area contributed by atoms with Gasteiger partial charge < -0.3 is 0 Å². The highest BCUT2D eigenvalue weighted by atomic mass is 32.2. The van der Waals surface area contributed by atoms with Crippen molar-refractivity contribution >= 4 is 31.0 Å². The third kappa shape index (κ3) is 1.28. The monoisotopic (exact) mass is 134 g/mol. The molecule has 0 N–H and O–H groups in total. The lowest BCUT2D eigenvalue weighted by Gasteiger charge is -2.00. The summed E-state index contributed by atoms with van der Waals surface area (Å²) in [4.78, 5) is 0. The molecule has 1 heterocycles. The molecule has 0 radical (unpaired) electrons. The van der Waals surface area contributed by atoms with Crippen LogP contribution >= 0.6 is 24.8 Å². The Morgan fingerprint density at radius 1 is 2.00 bits per heavy atom. The average molecular weight is 134 g/mol. The first kappa shape index (κ1) is 5.31. The molecular formula is C3H6N2S2. The van der Waals surface area contributed by atoms with Gasteiger partial charge in [0.05, 0.1) is 5.25 Å². The first-order valence-electron chi connectivity index (χ1n) is 1.99. The first-order chi connectivity index (χ1) is 3.29. The van der Waals surface area contributed by atoms with Crippen molar-refractivity contribution in [1.29, 1.82) is 0 Å². The van der Waals surface area contributed by atoms with Gasteiger partial charge in [-0.3, -0.25) is 0 Å². The molecule has 0 saturated carbocycles. The van der Waals surface area contributed by atoms with E-state index >= 15 is 0 Å². The molecule has 2 nitrogen and oxygen atoms in total. The first-order valence-corrected chi connectivity index (χ1v) is 3.22. The zero-order chi connectivity index (χ0) is 5.28. The maximum atomic E-state index is 3.95. The smallest absolute Gasteiger partial charge is 0.0616 e. The minimum Gasteiger partial charge on any atom is -0.182 e. The number of thiol groups is 1. The maximum Gasteiger partial charge on any atom is 0.0616 e. The summed E-state index contributed by atoms with van der Waals surface area (Å²) >= 11 is 5.55. The summed E-state index contributed by atoms with van der Waals surface area (Å²) in [7, 11) is 0. The second kappa shape index (κ2) is 1.96. The summed E-state index contributed by atoms with van der Waals surface area (Å²) in [5.41, 5.74) is 0. The van der Waals surface area contributed by atoms with Gasteiger partial charge in [0.15, 0.2) is 0 Å². The highest BCUT2D eigenvalue weighted by molar-refractivity contribution is 8.06.